The Morgan fingerprint density at radius 3 is 1.98 bits per heavy atom. The highest BCUT2D eigenvalue weighted by atomic mass is 16.1. The summed E-state index contributed by atoms with van der Waals surface area (Å²) in [6, 6.07) is 39.9. The molecule has 2 aromatic heterocycles. The average Bonchev–Trinajstić information content (AvgIpc) is 3.65. The first-order valence-electron chi connectivity index (χ1n) is 13.8. The zero-order valence-corrected chi connectivity index (χ0v) is 22.3. The average molecular weight is 525 g/mol. The maximum Gasteiger partial charge on any atom is 0.224 e. The molecule has 0 radical (unpaired) electrons. The van der Waals surface area contributed by atoms with Crippen molar-refractivity contribution >= 4 is 16.8 Å². The number of carbonyl (C=O) groups is 1. The minimum atomic E-state index is -0.567. The third-order valence-corrected chi connectivity index (χ3v) is 7.56. The Balaban J connectivity index is 1.20. The fraction of sp³-hybridized carbons (Fsp3) is 0.143. The largest absolute Gasteiger partial charge is 0.361 e. The lowest BCUT2D eigenvalue weighted by atomic mass is 9.77. The molecule has 0 saturated carbocycles. The molecule has 0 bridgehead atoms. The minimum Gasteiger partial charge on any atom is -0.361 e. The molecule has 40 heavy (non-hydrogen) atoms. The molecular weight excluding hydrogens is 492 g/mol. The molecule has 4 aromatic carbocycles. The fourth-order valence-corrected chi connectivity index (χ4v) is 5.67. The van der Waals surface area contributed by atoms with E-state index in [4.69, 9.17) is 4.98 Å². The van der Waals surface area contributed by atoms with Crippen LogP contribution in [0.2, 0.25) is 0 Å². The number of aromatic amines is 1. The second-order valence-electron chi connectivity index (χ2n) is 10.1. The number of imidazole rings is 1. The number of aromatic nitrogens is 3. The van der Waals surface area contributed by atoms with Gasteiger partial charge in [-0.25, -0.2) is 4.98 Å². The van der Waals surface area contributed by atoms with Crippen molar-refractivity contribution in [3.8, 4) is 0 Å². The molecule has 0 aliphatic rings. The van der Waals surface area contributed by atoms with E-state index in [0.717, 1.165) is 35.0 Å². The van der Waals surface area contributed by atoms with Gasteiger partial charge in [-0.2, -0.15) is 0 Å². The number of hydrogen-bond acceptors (Lipinski definition) is 2. The normalized spacial score (nSPS) is 11.5. The third-order valence-electron chi connectivity index (χ3n) is 7.56. The molecule has 0 spiro atoms. The number of fused-ring (bicyclic) bond motifs is 1. The molecule has 6 aromatic rings. The molecule has 0 unspecified atom stereocenters. The smallest absolute Gasteiger partial charge is 0.224 e. The van der Waals surface area contributed by atoms with Crippen LogP contribution in [-0.2, 0) is 23.2 Å². The number of para-hydroxylation sites is 1. The number of carbonyl (C=O) groups excluding carboxylic acids is 1. The number of amides is 1. The highest BCUT2D eigenvalue weighted by Gasteiger charge is 2.38. The molecule has 0 atom stereocenters. The van der Waals surface area contributed by atoms with E-state index in [-0.39, 0.29) is 5.91 Å². The van der Waals surface area contributed by atoms with Crippen molar-refractivity contribution in [2.75, 3.05) is 6.54 Å². The summed E-state index contributed by atoms with van der Waals surface area (Å²) in [6.45, 7) is 0.606. The van der Waals surface area contributed by atoms with E-state index in [9.17, 15) is 4.79 Å². The first-order valence-corrected chi connectivity index (χ1v) is 13.8. The molecule has 6 rings (SSSR count). The summed E-state index contributed by atoms with van der Waals surface area (Å²) in [6.07, 6.45) is 7.97. The SMILES string of the molecule is O=C(Cc1c[nH]c2ccccc12)NCCCc1cn(C(c2ccccc2)(c2ccccc2)c2ccccc2)cn1. The van der Waals surface area contributed by atoms with Gasteiger partial charge in [-0.15, -0.1) is 0 Å². The number of nitrogens with one attached hydrogen (secondary N) is 2. The van der Waals surface area contributed by atoms with Crippen LogP contribution < -0.4 is 5.32 Å². The fourth-order valence-electron chi connectivity index (χ4n) is 5.67. The molecule has 5 heteroatoms. The Morgan fingerprint density at radius 1 is 0.775 bits per heavy atom. The second kappa shape index (κ2) is 11.5. The molecule has 2 N–H and O–H groups in total. The summed E-state index contributed by atoms with van der Waals surface area (Å²) in [7, 11) is 0. The Hall–Kier alpha value is -4.90. The predicted molar refractivity (Wildman–Crippen MR) is 160 cm³/mol. The Bertz CT molecular complexity index is 1590. The quantitative estimate of drug-likeness (QED) is 0.159. The Labute approximate surface area is 234 Å². The van der Waals surface area contributed by atoms with Crippen LogP contribution in [0.4, 0.5) is 0 Å². The molecule has 1 amide bonds. The lowest BCUT2D eigenvalue weighted by Crippen LogP contribution is -2.36. The van der Waals surface area contributed by atoms with Crippen LogP contribution in [0.15, 0.2) is 134 Å². The third kappa shape index (κ3) is 4.94. The summed E-state index contributed by atoms with van der Waals surface area (Å²) in [5.41, 5.74) is 6.01. The monoisotopic (exact) mass is 524 g/mol. The number of H-pyrrole nitrogens is 1. The van der Waals surface area contributed by atoms with Crippen molar-refractivity contribution in [3.63, 3.8) is 0 Å². The van der Waals surface area contributed by atoms with Gasteiger partial charge in [0, 0.05) is 29.8 Å². The maximum atomic E-state index is 12.6. The summed E-state index contributed by atoms with van der Waals surface area (Å²) in [5.74, 6) is 0.0338. The summed E-state index contributed by atoms with van der Waals surface area (Å²) < 4.78 is 2.23. The van der Waals surface area contributed by atoms with Crippen LogP contribution in [0.1, 0.15) is 34.4 Å². The topological polar surface area (TPSA) is 62.7 Å². The molecule has 0 saturated heterocycles. The highest BCUT2D eigenvalue weighted by molar-refractivity contribution is 5.88. The van der Waals surface area contributed by atoms with Crippen molar-refractivity contribution in [3.05, 3.63) is 162 Å². The number of nitrogens with zero attached hydrogens (tertiary/aromatic N) is 2. The van der Waals surface area contributed by atoms with Gasteiger partial charge >= 0.3 is 0 Å². The van der Waals surface area contributed by atoms with E-state index in [1.54, 1.807) is 0 Å². The van der Waals surface area contributed by atoms with Gasteiger partial charge in [0.05, 0.1) is 18.4 Å². The molecular formula is C35H32N4O. The van der Waals surface area contributed by atoms with Gasteiger partial charge in [0.1, 0.15) is 5.54 Å². The number of aryl methyl sites for hydroxylation is 1. The van der Waals surface area contributed by atoms with Gasteiger partial charge < -0.3 is 14.9 Å². The second-order valence-corrected chi connectivity index (χ2v) is 10.1. The van der Waals surface area contributed by atoms with Crippen LogP contribution in [0.5, 0.6) is 0 Å². The lowest BCUT2D eigenvalue weighted by molar-refractivity contribution is -0.120. The van der Waals surface area contributed by atoms with Crippen LogP contribution in [0.3, 0.4) is 0 Å². The van der Waals surface area contributed by atoms with E-state index in [0.29, 0.717) is 13.0 Å². The van der Waals surface area contributed by atoms with Gasteiger partial charge in [0.15, 0.2) is 0 Å². The van der Waals surface area contributed by atoms with Crippen molar-refractivity contribution in [1.82, 2.24) is 19.9 Å². The molecule has 0 aliphatic carbocycles. The van der Waals surface area contributed by atoms with Crippen molar-refractivity contribution in [2.24, 2.45) is 0 Å². The Morgan fingerprint density at radius 2 is 1.35 bits per heavy atom. The zero-order valence-electron chi connectivity index (χ0n) is 22.3. The standard InChI is InChI=1S/C35H32N4O/c40-34(23-27-24-37-33-21-11-10-20-32(27)33)36-22-12-19-31-25-39(26-38-31)35(28-13-4-1-5-14-28,29-15-6-2-7-16-29)30-17-8-3-9-18-30/h1-11,13-18,20-21,24-26,37H,12,19,22-23H2,(H,36,40). The maximum absolute atomic E-state index is 12.6. The number of hydrogen-bond donors (Lipinski definition) is 2. The number of benzene rings is 4. The van der Waals surface area contributed by atoms with E-state index in [1.165, 1.54) is 16.7 Å². The molecule has 0 fully saturated rings. The van der Waals surface area contributed by atoms with Crippen molar-refractivity contribution < 1.29 is 4.79 Å². The summed E-state index contributed by atoms with van der Waals surface area (Å²) in [5, 5.41) is 4.18. The van der Waals surface area contributed by atoms with Crippen LogP contribution in [0, 0.1) is 0 Å². The van der Waals surface area contributed by atoms with E-state index < -0.39 is 5.54 Å². The van der Waals surface area contributed by atoms with Gasteiger partial charge in [-0.1, -0.05) is 109 Å². The van der Waals surface area contributed by atoms with E-state index in [2.05, 4.69) is 112 Å². The van der Waals surface area contributed by atoms with Crippen molar-refractivity contribution in [2.45, 2.75) is 24.8 Å². The van der Waals surface area contributed by atoms with Gasteiger partial charge in [0.25, 0.3) is 0 Å². The number of rotatable bonds is 10. The molecule has 0 aliphatic heterocycles. The zero-order chi connectivity index (χ0) is 27.2. The van der Waals surface area contributed by atoms with Crippen molar-refractivity contribution in [1.29, 1.82) is 0 Å². The Kier molecular flexibility index (Phi) is 7.27. The highest BCUT2D eigenvalue weighted by Crippen LogP contribution is 2.40. The first-order chi connectivity index (χ1) is 19.7. The van der Waals surface area contributed by atoms with Crippen LogP contribution >= 0.6 is 0 Å². The predicted octanol–water partition coefficient (Wildman–Crippen LogP) is 6.50. The molecule has 198 valence electrons. The van der Waals surface area contributed by atoms with Crippen LogP contribution in [-0.4, -0.2) is 27.0 Å². The molecule has 5 nitrogen and oxygen atoms in total. The minimum absolute atomic E-state index is 0.0338. The van der Waals surface area contributed by atoms with Gasteiger partial charge in [-0.3, -0.25) is 4.79 Å². The first kappa shape index (κ1) is 25.4. The molecule has 2 heterocycles. The van der Waals surface area contributed by atoms with E-state index in [1.807, 2.05) is 36.8 Å². The van der Waals surface area contributed by atoms with Gasteiger partial charge in [-0.05, 0) is 41.2 Å². The lowest BCUT2D eigenvalue weighted by Gasteiger charge is -2.37. The summed E-state index contributed by atoms with van der Waals surface area (Å²) >= 11 is 0. The van der Waals surface area contributed by atoms with Crippen LogP contribution in [0.25, 0.3) is 10.9 Å². The van der Waals surface area contributed by atoms with E-state index >= 15 is 0 Å². The summed E-state index contributed by atoms with van der Waals surface area (Å²) in [4.78, 5) is 20.7. The van der Waals surface area contributed by atoms with Gasteiger partial charge in [0.2, 0.25) is 5.91 Å².